The largest absolute Gasteiger partial charge is 0.472 e. The smallest absolute Gasteiger partial charge is 0.302 e. The van der Waals surface area contributed by atoms with Crippen molar-refractivity contribution in [3.05, 3.63) is 41.5 Å². The molecule has 0 spiro atoms. The average molecular weight is 477 g/mol. The van der Waals surface area contributed by atoms with E-state index in [4.69, 9.17) is 9.84 Å². The molecule has 3 N–H and O–H groups in total. The fraction of sp³-hybridized carbons (Fsp3) is 0.444. The Labute approximate surface area is 182 Å². The van der Waals surface area contributed by atoms with Gasteiger partial charge >= 0.3 is 10.2 Å². The number of benzene rings is 1. The van der Waals surface area contributed by atoms with Gasteiger partial charge in [-0.25, -0.2) is 13.8 Å². The standard InChI is InChI=1S/C18H22F2N4O5S2/c1-11(14(26)9-25)29-16-8-15(23-31(27,28)24-6-3-7-24)21-18(22-16)30-10-12-4-2-5-13(19)17(12)20/h2,4-5,8,11,14,25-26H,3,6-7,9-10H2,1H3,(H,21,22,23)/t11-,14+/m1/s1. The van der Waals surface area contributed by atoms with Crippen LogP contribution in [0.25, 0.3) is 0 Å². The Hall–Kier alpha value is -2.06. The summed E-state index contributed by atoms with van der Waals surface area (Å²) in [5.74, 6) is -2.12. The van der Waals surface area contributed by atoms with Crippen molar-refractivity contribution < 1.29 is 32.1 Å². The van der Waals surface area contributed by atoms with Crippen LogP contribution in [0.4, 0.5) is 14.6 Å². The van der Waals surface area contributed by atoms with Crippen molar-refractivity contribution in [2.24, 2.45) is 0 Å². The minimum Gasteiger partial charge on any atom is -0.472 e. The first-order valence-corrected chi connectivity index (χ1v) is 11.8. The Morgan fingerprint density at radius 1 is 1.32 bits per heavy atom. The van der Waals surface area contributed by atoms with Gasteiger partial charge in [0, 0.05) is 30.5 Å². The summed E-state index contributed by atoms with van der Waals surface area (Å²) in [4.78, 5) is 8.26. The molecule has 2 atom stereocenters. The molecular weight excluding hydrogens is 454 g/mol. The molecule has 1 fully saturated rings. The number of nitrogens with zero attached hydrogens (tertiary/aromatic N) is 3. The summed E-state index contributed by atoms with van der Waals surface area (Å²) >= 11 is 0.951. The van der Waals surface area contributed by atoms with Crippen molar-refractivity contribution in [2.75, 3.05) is 24.4 Å². The highest BCUT2D eigenvalue weighted by Crippen LogP contribution is 2.27. The van der Waals surface area contributed by atoms with Crippen molar-refractivity contribution in [1.29, 1.82) is 0 Å². The molecule has 1 saturated heterocycles. The van der Waals surface area contributed by atoms with Gasteiger partial charge in [-0.1, -0.05) is 23.9 Å². The number of anilines is 1. The van der Waals surface area contributed by atoms with Gasteiger partial charge in [-0.15, -0.1) is 0 Å². The number of nitrogens with one attached hydrogen (secondary N) is 1. The predicted octanol–water partition coefficient (Wildman–Crippen LogP) is 1.53. The average Bonchev–Trinajstić information content (AvgIpc) is 2.66. The highest BCUT2D eigenvalue weighted by molar-refractivity contribution is 7.98. The lowest BCUT2D eigenvalue weighted by molar-refractivity contribution is 0.00599. The molecule has 0 radical (unpaired) electrons. The molecule has 1 aromatic carbocycles. The van der Waals surface area contributed by atoms with Crippen LogP contribution in [0.5, 0.6) is 5.88 Å². The zero-order valence-electron chi connectivity index (χ0n) is 16.5. The Morgan fingerprint density at radius 2 is 2.06 bits per heavy atom. The maximum absolute atomic E-state index is 13.9. The molecule has 0 aliphatic carbocycles. The summed E-state index contributed by atoms with van der Waals surface area (Å²) in [5.41, 5.74) is 0.0895. The normalized spacial score (nSPS) is 16.4. The molecule has 3 rings (SSSR count). The first-order valence-electron chi connectivity index (χ1n) is 9.38. The number of thioether (sulfide) groups is 1. The molecule has 0 unspecified atom stereocenters. The topological polar surface area (TPSA) is 125 Å². The quantitative estimate of drug-likeness (QED) is 0.348. The number of aromatic nitrogens is 2. The SMILES string of the molecule is C[C@@H](Oc1cc(NS(=O)(=O)N2CCC2)nc(SCc2cccc(F)c2F)n1)[C@@H](O)CO. The van der Waals surface area contributed by atoms with Gasteiger partial charge in [0.1, 0.15) is 18.0 Å². The number of rotatable bonds is 10. The van der Waals surface area contributed by atoms with Gasteiger partial charge in [-0.05, 0) is 19.4 Å². The van der Waals surface area contributed by atoms with Crippen LogP contribution in [0, 0.1) is 11.6 Å². The monoisotopic (exact) mass is 476 g/mol. The lowest BCUT2D eigenvalue weighted by Crippen LogP contribution is -2.45. The fourth-order valence-electron chi connectivity index (χ4n) is 2.52. The zero-order chi connectivity index (χ0) is 22.6. The Balaban J connectivity index is 1.83. The lowest BCUT2D eigenvalue weighted by atomic mass is 10.2. The molecule has 0 saturated carbocycles. The van der Waals surface area contributed by atoms with E-state index in [1.165, 1.54) is 29.4 Å². The molecular formula is C18H22F2N4O5S2. The maximum atomic E-state index is 13.9. The first kappa shape index (κ1) is 23.6. The third-order valence-electron chi connectivity index (χ3n) is 4.49. The summed E-state index contributed by atoms with van der Waals surface area (Å²) in [6.07, 6.45) is -1.28. The molecule has 0 amide bonds. The lowest BCUT2D eigenvalue weighted by Gasteiger charge is -2.29. The third kappa shape index (κ3) is 6.01. The van der Waals surface area contributed by atoms with E-state index >= 15 is 0 Å². The van der Waals surface area contributed by atoms with Crippen LogP contribution in [-0.2, 0) is 16.0 Å². The molecule has 1 aromatic heterocycles. The van der Waals surface area contributed by atoms with E-state index in [9.17, 15) is 22.3 Å². The summed E-state index contributed by atoms with van der Waals surface area (Å²) in [6.45, 7) is 1.75. The molecule has 1 aliphatic heterocycles. The van der Waals surface area contributed by atoms with E-state index in [0.717, 1.165) is 24.2 Å². The van der Waals surface area contributed by atoms with Gasteiger partial charge in [-0.3, -0.25) is 4.72 Å². The first-order chi connectivity index (χ1) is 14.7. The van der Waals surface area contributed by atoms with E-state index in [2.05, 4.69) is 14.7 Å². The van der Waals surface area contributed by atoms with Gasteiger partial charge in [0.25, 0.3) is 0 Å². The summed E-state index contributed by atoms with van der Waals surface area (Å²) in [6, 6.07) is 5.04. The van der Waals surface area contributed by atoms with Gasteiger partial charge in [0.2, 0.25) is 5.88 Å². The van der Waals surface area contributed by atoms with Gasteiger partial charge in [-0.2, -0.15) is 17.7 Å². The Morgan fingerprint density at radius 3 is 2.71 bits per heavy atom. The number of hydrogen-bond donors (Lipinski definition) is 3. The number of ether oxygens (including phenoxy) is 1. The minimum atomic E-state index is -3.81. The minimum absolute atomic E-state index is 0.0137. The molecule has 9 nitrogen and oxygen atoms in total. The second-order valence-electron chi connectivity index (χ2n) is 6.81. The van der Waals surface area contributed by atoms with Crippen molar-refractivity contribution in [1.82, 2.24) is 14.3 Å². The highest BCUT2D eigenvalue weighted by Gasteiger charge is 2.28. The summed E-state index contributed by atoms with van der Waals surface area (Å²) in [7, 11) is -3.81. The van der Waals surface area contributed by atoms with Gasteiger partial charge < -0.3 is 14.9 Å². The van der Waals surface area contributed by atoms with E-state index in [0.29, 0.717) is 13.1 Å². The second-order valence-corrected chi connectivity index (χ2v) is 9.42. The van der Waals surface area contributed by atoms with Crippen LogP contribution in [0.1, 0.15) is 18.9 Å². The maximum Gasteiger partial charge on any atom is 0.302 e. The Kier molecular flexibility index (Phi) is 7.64. The van der Waals surface area contributed by atoms with Crippen LogP contribution < -0.4 is 9.46 Å². The second kappa shape index (κ2) is 10.0. The number of halogens is 2. The van der Waals surface area contributed by atoms with Gasteiger partial charge in [0.15, 0.2) is 16.8 Å². The van der Waals surface area contributed by atoms with Crippen LogP contribution >= 0.6 is 11.8 Å². The van der Waals surface area contributed by atoms with Crippen LogP contribution in [0.15, 0.2) is 29.4 Å². The van der Waals surface area contributed by atoms with Crippen molar-refractivity contribution >= 4 is 27.8 Å². The van der Waals surface area contributed by atoms with E-state index in [1.807, 2.05) is 0 Å². The zero-order valence-corrected chi connectivity index (χ0v) is 18.2. The van der Waals surface area contributed by atoms with Crippen LogP contribution in [0.2, 0.25) is 0 Å². The highest BCUT2D eigenvalue weighted by atomic mass is 32.2. The Bertz CT molecular complexity index is 1020. The fourth-order valence-corrected chi connectivity index (χ4v) is 4.59. The third-order valence-corrected chi connectivity index (χ3v) is 6.90. The molecule has 0 bridgehead atoms. The number of hydrogen-bond acceptors (Lipinski definition) is 8. The molecule has 13 heteroatoms. The molecule has 2 heterocycles. The van der Waals surface area contributed by atoms with Crippen LogP contribution in [0.3, 0.4) is 0 Å². The summed E-state index contributed by atoms with van der Waals surface area (Å²) in [5, 5.41) is 18.8. The number of aliphatic hydroxyl groups excluding tert-OH is 2. The van der Waals surface area contributed by atoms with Crippen molar-refractivity contribution in [2.45, 2.75) is 36.5 Å². The number of aliphatic hydroxyl groups is 2. The molecule has 31 heavy (non-hydrogen) atoms. The predicted molar refractivity (Wildman–Crippen MR) is 110 cm³/mol. The van der Waals surface area contributed by atoms with E-state index in [-0.39, 0.29) is 28.2 Å². The van der Waals surface area contributed by atoms with Crippen LogP contribution in [-0.4, -0.2) is 64.8 Å². The molecule has 170 valence electrons. The summed E-state index contributed by atoms with van der Waals surface area (Å²) < 4.78 is 61.2. The van der Waals surface area contributed by atoms with E-state index in [1.54, 1.807) is 0 Å². The van der Waals surface area contributed by atoms with E-state index < -0.39 is 40.7 Å². The molecule has 1 aliphatic rings. The molecule has 2 aromatic rings. The van der Waals surface area contributed by atoms with Gasteiger partial charge in [0.05, 0.1) is 6.61 Å². The van der Waals surface area contributed by atoms with Crippen molar-refractivity contribution in [3.63, 3.8) is 0 Å². The van der Waals surface area contributed by atoms with Crippen molar-refractivity contribution in [3.8, 4) is 5.88 Å².